The average molecular weight is 270 g/mol. The molecule has 0 spiro atoms. The molecule has 1 aromatic rings. The van der Waals surface area contributed by atoms with Crippen LogP contribution in [-0.4, -0.2) is 23.5 Å². The zero-order chi connectivity index (χ0) is 13.4. The minimum atomic E-state index is -0.779. The summed E-state index contributed by atoms with van der Waals surface area (Å²) in [6.45, 7) is 0.539. The lowest BCUT2D eigenvalue weighted by Crippen LogP contribution is -2.34. The van der Waals surface area contributed by atoms with Crippen molar-refractivity contribution in [3.05, 3.63) is 22.4 Å². The Morgan fingerprint density at radius 2 is 2.17 bits per heavy atom. The summed E-state index contributed by atoms with van der Waals surface area (Å²) < 4.78 is 0. The van der Waals surface area contributed by atoms with Gasteiger partial charge in [-0.05, 0) is 24.3 Å². The lowest BCUT2D eigenvalue weighted by atomic mass is 10.2. The summed E-state index contributed by atoms with van der Waals surface area (Å²) in [4.78, 5) is 22.8. The van der Waals surface area contributed by atoms with E-state index in [1.807, 2.05) is 17.5 Å². The van der Waals surface area contributed by atoms with Gasteiger partial charge in [-0.15, -0.1) is 11.3 Å². The van der Waals surface area contributed by atoms with Crippen molar-refractivity contribution in [2.45, 2.75) is 31.7 Å². The maximum absolute atomic E-state index is 11.7. The van der Waals surface area contributed by atoms with Gasteiger partial charge in [0.05, 0.1) is 0 Å². The molecule has 6 heteroatoms. The summed E-state index contributed by atoms with van der Waals surface area (Å²) in [6, 6.07) is 3.09. The van der Waals surface area contributed by atoms with E-state index in [-0.39, 0.29) is 12.3 Å². The average Bonchev–Trinajstić information content (AvgIpc) is 2.85. The molecule has 0 aliphatic carbocycles. The van der Waals surface area contributed by atoms with Gasteiger partial charge in [0.2, 0.25) is 5.91 Å². The molecular formula is C12H18N2O3S. The van der Waals surface area contributed by atoms with Crippen LogP contribution in [0.2, 0.25) is 0 Å². The molecule has 0 saturated heterocycles. The summed E-state index contributed by atoms with van der Waals surface area (Å²) >= 11 is 1.46. The smallest absolute Gasteiger partial charge is 0.303 e. The van der Waals surface area contributed by atoms with Crippen LogP contribution >= 0.6 is 11.3 Å². The minimum absolute atomic E-state index is 0.183. The van der Waals surface area contributed by atoms with E-state index < -0.39 is 12.0 Å². The van der Waals surface area contributed by atoms with Crippen LogP contribution in [0.25, 0.3) is 0 Å². The molecule has 5 nitrogen and oxygen atoms in total. The van der Waals surface area contributed by atoms with Gasteiger partial charge in [-0.1, -0.05) is 12.5 Å². The van der Waals surface area contributed by atoms with E-state index in [1.165, 1.54) is 11.3 Å². The molecule has 0 aromatic carbocycles. The van der Waals surface area contributed by atoms with Crippen molar-refractivity contribution in [3.63, 3.8) is 0 Å². The van der Waals surface area contributed by atoms with Gasteiger partial charge in [-0.2, -0.15) is 0 Å². The fourth-order valence-corrected chi connectivity index (χ4v) is 2.22. The highest BCUT2D eigenvalue weighted by molar-refractivity contribution is 7.10. The lowest BCUT2D eigenvalue weighted by molar-refractivity contribution is -0.137. The number of amides is 1. The van der Waals surface area contributed by atoms with Crippen molar-refractivity contribution >= 4 is 23.2 Å². The first-order valence-electron chi connectivity index (χ1n) is 5.89. The van der Waals surface area contributed by atoms with Crippen molar-refractivity contribution in [2.24, 2.45) is 5.73 Å². The Morgan fingerprint density at radius 3 is 2.78 bits per heavy atom. The molecule has 1 heterocycles. The number of thiophene rings is 1. The molecule has 0 saturated carbocycles. The number of carbonyl (C=O) groups excluding carboxylic acids is 1. The number of hydrogen-bond acceptors (Lipinski definition) is 4. The fraction of sp³-hybridized carbons (Fsp3) is 0.500. The Hall–Kier alpha value is -1.40. The molecule has 1 unspecified atom stereocenters. The van der Waals surface area contributed by atoms with E-state index >= 15 is 0 Å². The van der Waals surface area contributed by atoms with Gasteiger partial charge >= 0.3 is 5.97 Å². The molecule has 0 aliphatic heterocycles. The molecule has 1 aromatic heterocycles. The zero-order valence-electron chi connectivity index (χ0n) is 10.1. The lowest BCUT2D eigenvalue weighted by Gasteiger charge is -2.10. The Labute approximate surface area is 110 Å². The third-order valence-corrected chi connectivity index (χ3v) is 3.45. The van der Waals surface area contributed by atoms with Crippen molar-refractivity contribution in [1.82, 2.24) is 5.32 Å². The monoisotopic (exact) mass is 270 g/mol. The Kier molecular flexibility index (Phi) is 6.38. The first kappa shape index (κ1) is 14.7. The third-order valence-electron chi connectivity index (χ3n) is 2.50. The van der Waals surface area contributed by atoms with E-state index in [4.69, 9.17) is 10.8 Å². The largest absolute Gasteiger partial charge is 0.481 e. The van der Waals surface area contributed by atoms with Gasteiger partial charge in [0.25, 0.3) is 0 Å². The summed E-state index contributed by atoms with van der Waals surface area (Å²) in [5.74, 6) is -0.963. The number of aliphatic carboxylic acids is 1. The molecule has 1 atom stereocenters. The van der Waals surface area contributed by atoms with E-state index in [1.54, 1.807) is 0 Å². The van der Waals surface area contributed by atoms with Crippen molar-refractivity contribution in [2.75, 3.05) is 6.54 Å². The number of nitrogens with one attached hydrogen (secondary N) is 1. The molecule has 18 heavy (non-hydrogen) atoms. The number of hydrogen-bond donors (Lipinski definition) is 3. The zero-order valence-corrected chi connectivity index (χ0v) is 10.9. The Bertz CT molecular complexity index is 379. The molecule has 0 radical (unpaired) electrons. The predicted molar refractivity (Wildman–Crippen MR) is 70.4 cm³/mol. The highest BCUT2D eigenvalue weighted by atomic mass is 32.1. The summed E-state index contributed by atoms with van der Waals surface area (Å²) in [6.07, 6.45) is 2.39. The maximum Gasteiger partial charge on any atom is 0.303 e. The number of carboxylic acids is 1. The maximum atomic E-state index is 11.7. The fourth-order valence-electron chi connectivity index (χ4n) is 1.50. The van der Waals surface area contributed by atoms with Crippen LogP contribution in [0, 0.1) is 0 Å². The molecule has 0 aliphatic rings. The quantitative estimate of drug-likeness (QED) is 0.624. The van der Waals surface area contributed by atoms with Gasteiger partial charge < -0.3 is 16.2 Å². The second-order valence-corrected chi connectivity index (χ2v) is 4.97. The van der Waals surface area contributed by atoms with Crippen molar-refractivity contribution in [3.8, 4) is 0 Å². The molecule has 1 rings (SSSR count). The molecule has 0 fully saturated rings. The number of rotatable bonds is 8. The van der Waals surface area contributed by atoms with Gasteiger partial charge in [-0.3, -0.25) is 9.59 Å². The van der Waals surface area contributed by atoms with Crippen molar-refractivity contribution in [1.29, 1.82) is 0 Å². The van der Waals surface area contributed by atoms with Gasteiger partial charge in [0.1, 0.15) is 6.04 Å². The second kappa shape index (κ2) is 7.84. The topological polar surface area (TPSA) is 92.4 Å². The van der Waals surface area contributed by atoms with Crippen LogP contribution in [0.3, 0.4) is 0 Å². The van der Waals surface area contributed by atoms with Crippen LogP contribution in [0.15, 0.2) is 17.5 Å². The van der Waals surface area contributed by atoms with E-state index in [2.05, 4.69) is 5.32 Å². The normalized spacial score (nSPS) is 12.1. The van der Waals surface area contributed by atoms with Gasteiger partial charge in [0, 0.05) is 17.8 Å². The number of carbonyl (C=O) groups is 2. The van der Waals surface area contributed by atoms with Crippen molar-refractivity contribution < 1.29 is 14.7 Å². The number of unbranched alkanes of at least 4 members (excludes halogenated alkanes) is 2. The molecule has 0 bridgehead atoms. The molecule has 4 N–H and O–H groups in total. The van der Waals surface area contributed by atoms with Crippen LogP contribution in [0.4, 0.5) is 0 Å². The standard InChI is InChI=1S/C12H18N2O3S/c13-11(9-5-4-8-18-9)12(17)14-7-3-1-2-6-10(15)16/h4-5,8,11H,1-3,6-7,13H2,(H,14,17)(H,15,16). The van der Waals surface area contributed by atoms with Crippen LogP contribution in [0.1, 0.15) is 36.6 Å². The summed E-state index contributed by atoms with van der Waals surface area (Å²) in [5.41, 5.74) is 5.78. The predicted octanol–water partition coefficient (Wildman–Crippen LogP) is 1.51. The summed E-state index contributed by atoms with van der Waals surface area (Å²) in [7, 11) is 0. The third kappa shape index (κ3) is 5.29. The van der Waals surface area contributed by atoms with E-state index in [0.717, 1.165) is 17.7 Å². The number of nitrogens with two attached hydrogens (primary N) is 1. The van der Waals surface area contributed by atoms with E-state index in [9.17, 15) is 9.59 Å². The number of carboxylic acid groups (broad SMARTS) is 1. The minimum Gasteiger partial charge on any atom is -0.481 e. The van der Waals surface area contributed by atoms with Gasteiger partial charge in [0.15, 0.2) is 0 Å². The Balaban J connectivity index is 2.12. The van der Waals surface area contributed by atoms with Crippen LogP contribution < -0.4 is 11.1 Å². The highest BCUT2D eigenvalue weighted by Gasteiger charge is 2.15. The molecular weight excluding hydrogens is 252 g/mol. The van der Waals surface area contributed by atoms with Crippen LogP contribution in [0.5, 0.6) is 0 Å². The van der Waals surface area contributed by atoms with Crippen LogP contribution in [-0.2, 0) is 9.59 Å². The molecule has 100 valence electrons. The van der Waals surface area contributed by atoms with Gasteiger partial charge in [-0.25, -0.2) is 0 Å². The first-order chi connectivity index (χ1) is 8.61. The summed E-state index contributed by atoms with van der Waals surface area (Å²) in [5, 5.41) is 13.1. The highest BCUT2D eigenvalue weighted by Crippen LogP contribution is 2.16. The first-order valence-corrected chi connectivity index (χ1v) is 6.77. The Morgan fingerprint density at radius 1 is 1.39 bits per heavy atom. The van der Waals surface area contributed by atoms with E-state index in [0.29, 0.717) is 13.0 Å². The SMILES string of the molecule is NC(C(=O)NCCCCCC(=O)O)c1cccs1. The second-order valence-electron chi connectivity index (χ2n) is 3.99. The molecule has 1 amide bonds.